The Morgan fingerprint density at radius 1 is 1.10 bits per heavy atom. The van der Waals surface area contributed by atoms with Gasteiger partial charge in [-0.3, -0.25) is 14.4 Å². The second-order valence-electron chi connectivity index (χ2n) is 7.37. The molecule has 3 rings (SSSR count). The van der Waals surface area contributed by atoms with Crippen LogP contribution in [0.5, 0.6) is 5.75 Å². The first-order valence-corrected chi connectivity index (χ1v) is 10.3. The second-order valence-corrected chi connectivity index (χ2v) is 7.37. The van der Waals surface area contributed by atoms with Crippen LogP contribution in [0.3, 0.4) is 0 Å². The highest BCUT2D eigenvalue weighted by atomic mass is 16.5. The number of benzene rings is 2. The van der Waals surface area contributed by atoms with Crippen LogP contribution in [-0.2, 0) is 21.0 Å². The van der Waals surface area contributed by atoms with Crippen molar-refractivity contribution in [1.82, 2.24) is 10.2 Å². The number of hydrogen-bond acceptors (Lipinski definition) is 4. The van der Waals surface area contributed by atoms with Gasteiger partial charge in [-0.05, 0) is 42.2 Å². The lowest BCUT2D eigenvalue weighted by Crippen LogP contribution is -2.44. The molecule has 2 aromatic rings. The van der Waals surface area contributed by atoms with Crippen LogP contribution >= 0.6 is 0 Å². The minimum Gasteiger partial charge on any atom is -0.489 e. The van der Waals surface area contributed by atoms with E-state index >= 15 is 0 Å². The van der Waals surface area contributed by atoms with E-state index in [1.54, 1.807) is 6.08 Å². The van der Waals surface area contributed by atoms with Crippen LogP contribution in [-0.4, -0.2) is 41.8 Å². The third-order valence-corrected chi connectivity index (χ3v) is 5.10. The average molecular weight is 421 g/mol. The average Bonchev–Trinajstić information content (AvgIpc) is 3.28. The maximum Gasteiger partial charge on any atom is 0.244 e. The summed E-state index contributed by atoms with van der Waals surface area (Å²) in [6.07, 6.45) is 4.63. The predicted molar refractivity (Wildman–Crippen MR) is 118 cm³/mol. The van der Waals surface area contributed by atoms with Crippen molar-refractivity contribution in [3.8, 4) is 5.75 Å². The number of nitrogens with two attached hydrogens (primary N) is 1. The molecule has 0 saturated carbocycles. The Morgan fingerprint density at radius 3 is 2.55 bits per heavy atom. The number of nitrogens with one attached hydrogen (secondary N) is 1. The lowest BCUT2D eigenvalue weighted by atomic mass is 10.2. The summed E-state index contributed by atoms with van der Waals surface area (Å²) in [6, 6.07) is 16.8. The molecule has 31 heavy (non-hydrogen) atoms. The Morgan fingerprint density at radius 2 is 1.84 bits per heavy atom. The number of carbonyl (C=O) groups is 3. The maximum atomic E-state index is 12.2. The normalized spacial score (nSPS) is 15.7. The van der Waals surface area contributed by atoms with E-state index in [1.807, 2.05) is 54.6 Å². The molecule has 0 aromatic heterocycles. The molecule has 1 fully saturated rings. The first kappa shape index (κ1) is 22.1. The molecule has 7 nitrogen and oxygen atoms in total. The quantitative estimate of drug-likeness (QED) is 0.607. The number of likely N-dealkylation sites (tertiary alicyclic amines) is 1. The molecule has 1 atom stereocenters. The molecule has 1 heterocycles. The Bertz CT molecular complexity index is 926. The van der Waals surface area contributed by atoms with Crippen molar-refractivity contribution >= 4 is 23.8 Å². The Labute approximate surface area is 181 Å². The number of primary amides is 1. The van der Waals surface area contributed by atoms with E-state index in [2.05, 4.69) is 5.32 Å². The molecule has 0 aliphatic carbocycles. The Balaban J connectivity index is 1.39. The van der Waals surface area contributed by atoms with Crippen molar-refractivity contribution in [3.05, 3.63) is 71.8 Å². The van der Waals surface area contributed by atoms with E-state index in [0.29, 0.717) is 19.6 Å². The molecule has 3 N–H and O–H groups in total. The van der Waals surface area contributed by atoms with E-state index in [0.717, 1.165) is 23.3 Å². The molecule has 2 aromatic carbocycles. The minimum atomic E-state index is -0.525. The summed E-state index contributed by atoms with van der Waals surface area (Å²) in [5.74, 6) is -0.184. The summed E-state index contributed by atoms with van der Waals surface area (Å²) in [6.45, 7) is 1.23. The smallest absolute Gasteiger partial charge is 0.244 e. The largest absolute Gasteiger partial charge is 0.489 e. The number of nitrogens with zero attached hydrogens (tertiary/aromatic N) is 1. The topological polar surface area (TPSA) is 102 Å². The van der Waals surface area contributed by atoms with Gasteiger partial charge >= 0.3 is 0 Å². The zero-order chi connectivity index (χ0) is 22.1. The monoisotopic (exact) mass is 421 g/mol. The third-order valence-electron chi connectivity index (χ3n) is 5.10. The first-order chi connectivity index (χ1) is 15.0. The fourth-order valence-electron chi connectivity index (χ4n) is 3.44. The van der Waals surface area contributed by atoms with E-state index in [-0.39, 0.29) is 24.8 Å². The van der Waals surface area contributed by atoms with Crippen LogP contribution < -0.4 is 15.8 Å². The summed E-state index contributed by atoms with van der Waals surface area (Å²) in [5.41, 5.74) is 7.29. The highest BCUT2D eigenvalue weighted by Crippen LogP contribution is 2.18. The van der Waals surface area contributed by atoms with Crippen molar-refractivity contribution in [2.75, 3.05) is 13.1 Å². The van der Waals surface area contributed by atoms with Crippen molar-refractivity contribution in [3.63, 3.8) is 0 Å². The van der Waals surface area contributed by atoms with Gasteiger partial charge in [0.25, 0.3) is 0 Å². The molecule has 162 valence electrons. The van der Waals surface area contributed by atoms with Crippen molar-refractivity contribution in [1.29, 1.82) is 0 Å². The number of carbonyl (C=O) groups excluding carboxylic acids is 3. The summed E-state index contributed by atoms with van der Waals surface area (Å²) in [7, 11) is 0. The van der Waals surface area contributed by atoms with E-state index in [4.69, 9.17) is 10.5 Å². The van der Waals surface area contributed by atoms with Crippen LogP contribution in [0.25, 0.3) is 6.08 Å². The van der Waals surface area contributed by atoms with Gasteiger partial charge < -0.3 is 20.7 Å². The SMILES string of the molecule is NC(=O)C1CCCN1C(=O)CCNC(=O)/C=C/c1ccc(OCc2ccccc2)cc1. The molecular weight excluding hydrogens is 394 g/mol. The van der Waals surface area contributed by atoms with Crippen molar-refractivity contribution in [2.24, 2.45) is 5.73 Å². The molecule has 1 aliphatic rings. The van der Waals surface area contributed by atoms with Gasteiger partial charge in [0, 0.05) is 25.6 Å². The molecule has 3 amide bonds. The highest BCUT2D eigenvalue weighted by molar-refractivity contribution is 5.92. The molecular formula is C24H27N3O4. The van der Waals surface area contributed by atoms with Crippen LogP contribution in [0.15, 0.2) is 60.7 Å². The predicted octanol–water partition coefficient (Wildman–Crippen LogP) is 2.26. The van der Waals surface area contributed by atoms with Crippen LogP contribution in [0, 0.1) is 0 Å². The van der Waals surface area contributed by atoms with Crippen LogP contribution in [0.1, 0.15) is 30.4 Å². The summed E-state index contributed by atoms with van der Waals surface area (Å²) in [4.78, 5) is 37.1. The van der Waals surface area contributed by atoms with E-state index in [1.165, 1.54) is 11.0 Å². The number of ether oxygens (including phenoxy) is 1. The molecule has 1 saturated heterocycles. The fraction of sp³-hybridized carbons (Fsp3) is 0.292. The summed E-state index contributed by atoms with van der Waals surface area (Å²) < 4.78 is 5.74. The second kappa shape index (κ2) is 11.0. The number of rotatable bonds is 9. The lowest BCUT2D eigenvalue weighted by molar-refractivity contribution is -0.137. The van der Waals surface area contributed by atoms with Gasteiger partial charge in [0.15, 0.2) is 0 Å². The van der Waals surface area contributed by atoms with Gasteiger partial charge in [-0.2, -0.15) is 0 Å². The highest BCUT2D eigenvalue weighted by Gasteiger charge is 2.32. The Hall–Kier alpha value is -3.61. The maximum absolute atomic E-state index is 12.2. The molecule has 0 radical (unpaired) electrons. The Kier molecular flexibility index (Phi) is 7.81. The first-order valence-electron chi connectivity index (χ1n) is 10.3. The zero-order valence-electron chi connectivity index (χ0n) is 17.3. The molecule has 7 heteroatoms. The third kappa shape index (κ3) is 6.70. The van der Waals surface area contributed by atoms with Crippen molar-refractivity contribution in [2.45, 2.75) is 31.9 Å². The molecule has 0 bridgehead atoms. The van der Waals surface area contributed by atoms with Gasteiger partial charge in [0.1, 0.15) is 18.4 Å². The molecule has 0 spiro atoms. The summed E-state index contributed by atoms with van der Waals surface area (Å²) >= 11 is 0. The zero-order valence-corrected chi connectivity index (χ0v) is 17.3. The lowest BCUT2D eigenvalue weighted by Gasteiger charge is -2.22. The number of hydrogen-bond donors (Lipinski definition) is 2. The fourth-order valence-corrected chi connectivity index (χ4v) is 3.44. The van der Waals surface area contributed by atoms with Gasteiger partial charge in [0.05, 0.1) is 0 Å². The number of amides is 3. The van der Waals surface area contributed by atoms with Gasteiger partial charge in [-0.25, -0.2) is 0 Å². The molecule has 1 unspecified atom stereocenters. The van der Waals surface area contributed by atoms with Crippen LogP contribution in [0.2, 0.25) is 0 Å². The van der Waals surface area contributed by atoms with Gasteiger partial charge in [-0.15, -0.1) is 0 Å². The van der Waals surface area contributed by atoms with Gasteiger partial charge in [-0.1, -0.05) is 42.5 Å². The standard InChI is InChI=1S/C24H27N3O4/c25-24(30)21-7-4-16-27(21)23(29)14-15-26-22(28)13-10-18-8-11-20(12-9-18)31-17-19-5-2-1-3-6-19/h1-3,5-6,8-13,21H,4,7,14-17H2,(H2,25,30)(H,26,28)/b13-10+. The van der Waals surface area contributed by atoms with Gasteiger partial charge in [0.2, 0.25) is 17.7 Å². The van der Waals surface area contributed by atoms with Crippen LogP contribution in [0.4, 0.5) is 0 Å². The molecule has 1 aliphatic heterocycles. The summed E-state index contributed by atoms with van der Waals surface area (Å²) in [5, 5.41) is 2.69. The van der Waals surface area contributed by atoms with Crippen molar-refractivity contribution < 1.29 is 19.1 Å². The van der Waals surface area contributed by atoms with E-state index in [9.17, 15) is 14.4 Å². The minimum absolute atomic E-state index is 0.136. The van der Waals surface area contributed by atoms with E-state index < -0.39 is 11.9 Å².